The molecule has 21 heavy (non-hydrogen) atoms. The summed E-state index contributed by atoms with van der Waals surface area (Å²) in [5, 5.41) is 4.57. The fourth-order valence-corrected chi connectivity index (χ4v) is 4.84. The predicted molar refractivity (Wildman–Crippen MR) is 85.2 cm³/mol. The number of aryl methyl sites for hydroxylation is 2. The summed E-state index contributed by atoms with van der Waals surface area (Å²) in [4.78, 5) is 11.5. The van der Waals surface area contributed by atoms with E-state index in [2.05, 4.69) is 22.3 Å². The minimum Gasteiger partial charge on any atom is -0.474 e. The van der Waals surface area contributed by atoms with Gasteiger partial charge < -0.3 is 10.1 Å². The summed E-state index contributed by atoms with van der Waals surface area (Å²) < 4.78 is 6.27. The van der Waals surface area contributed by atoms with Gasteiger partial charge in [-0.05, 0) is 57.6 Å². The Kier molecular flexibility index (Phi) is 3.55. The maximum Gasteiger partial charge on any atom is 0.225 e. The van der Waals surface area contributed by atoms with Crippen LogP contribution in [0.25, 0.3) is 10.2 Å². The molecular formula is C16H21N3OS. The van der Waals surface area contributed by atoms with Gasteiger partial charge in [0.05, 0.1) is 5.39 Å². The molecule has 2 aromatic heterocycles. The molecule has 0 aliphatic heterocycles. The Morgan fingerprint density at radius 2 is 2.05 bits per heavy atom. The molecule has 2 heterocycles. The van der Waals surface area contributed by atoms with E-state index in [4.69, 9.17) is 4.74 Å². The Morgan fingerprint density at radius 1 is 1.19 bits per heavy atom. The summed E-state index contributed by atoms with van der Waals surface area (Å²) in [6, 6.07) is 0.653. The second kappa shape index (κ2) is 5.54. The van der Waals surface area contributed by atoms with Crippen LogP contribution in [0.1, 0.15) is 42.5 Å². The van der Waals surface area contributed by atoms with Crippen molar-refractivity contribution in [1.29, 1.82) is 0 Å². The summed E-state index contributed by atoms with van der Waals surface area (Å²) >= 11 is 1.83. The van der Waals surface area contributed by atoms with Gasteiger partial charge in [-0.3, -0.25) is 0 Å². The molecule has 0 bridgehead atoms. The molecule has 1 saturated carbocycles. The zero-order valence-electron chi connectivity index (χ0n) is 12.4. The first kappa shape index (κ1) is 13.5. The van der Waals surface area contributed by atoms with Crippen LogP contribution in [0.5, 0.6) is 5.88 Å². The molecule has 0 amide bonds. The van der Waals surface area contributed by atoms with Gasteiger partial charge in [-0.25, -0.2) is 9.97 Å². The fraction of sp³-hybridized carbons (Fsp3) is 0.625. The minimum atomic E-state index is 0.310. The van der Waals surface area contributed by atoms with Crippen molar-refractivity contribution in [1.82, 2.24) is 15.3 Å². The van der Waals surface area contributed by atoms with E-state index in [0.29, 0.717) is 12.1 Å². The van der Waals surface area contributed by atoms with E-state index >= 15 is 0 Å². The number of thiophene rings is 1. The Hall–Kier alpha value is -1.20. The lowest BCUT2D eigenvalue weighted by Crippen LogP contribution is -2.34. The highest BCUT2D eigenvalue weighted by molar-refractivity contribution is 7.18. The molecule has 0 radical (unpaired) electrons. The molecule has 1 fully saturated rings. The summed E-state index contributed by atoms with van der Waals surface area (Å²) in [6.45, 7) is 0. The van der Waals surface area contributed by atoms with Crippen molar-refractivity contribution in [2.45, 2.75) is 57.1 Å². The van der Waals surface area contributed by atoms with Crippen LogP contribution in [0, 0.1) is 0 Å². The van der Waals surface area contributed by atoms with Crippen molar-refractivity contribution in [3.63, 3.8) is 0 Å². The SMILES string of the molecule is CN[C@H]1CC[C@H](Oc2ncnc3sc4c(c23)CCC4)CC1. The number of rotatable bonds is 3. The first-order valence-electron chi connectivity index (χ1n) is 7.94. The molecule has 4 rings (SSSR count). The fourth-order valence-electron chi connectivity index (χ4n) is 3.62. The van der Waals surface area contributed by atoms with Crippen LogP contribution in [-0.2, 0) is 12.8 Å². The quantitative estimate of drug-likeness (QED) is 0.946. The van der Waals surface area contributed by atoms with Gasteiger partial charge in [0.1, 0.15) is 17.3 Å². The zero-order valence-corrected chi connectivity index (χ0v) is 13.2. The highest BCUT2D eigenvalue weighted by Crippen LogP contribution is 2.40. The van der Waals surface area contributed by atoms with Crippen LogP contribution < -0.4 is 10.1 Å². The van der Waals surface area contributed by atoms with E-state index < -0.39 is 0 Å². The maximum absolute atomic E-state index is 6.27. The lowest BCUT2D eigenvalue weighted by molar-refractivity contribution is 0.138. The van der Waals surface area contributed by atoms with Gasteiger partial charge in [0.25, 0.3) is 0 Å². The second-order valence-electron chi connectivity index (χ2n) is 6.10. The highest BCUT2D eigenvalue weighted by Gasteiger charge is 2.25. The van der Waals surface area contributed by atoms with Gasteiger partial charge in [0.15, 0.2) is 0 Å². The van der Waals surface area contributed by atoms with E-state index in [1.165, 1.54) is 41.5 Å². The van der Waals surface area contributed by atoms with Crippen molar-refractivity contribution in [2.75, 3.05) is 7.05 Å². The van der Waals surface area contributed by atoms with Crippen LogP contribution in [0.4, 0.5) is 0 Å². The van der Waals surface area contributed by atoms with Crippen LogP contribution in [0.15, 0.2) is 6.33 Å². The summed E-state index contributed by atoms with van der Waals surface area (Å²) in [7, 11) is 2.05. The monoisotopic (exact) mass is 303 g/mol. The molecular weight excluding hydrogens is 282 g/mol. The summed E-state index contributed by atoms with van der Waals surface area (Å²) in [5.74, 6) is 0.826. The number of aromatic nitrogens is 2. The van der Waals surface area contributed by atoms with E-state index in [9.17, 15) is 0 Å². The topological polar surface area (TPSA) is 47.0 Å². The van der Waals surface area contributed by atoms with Gasteiger partial charge >= 0.3 is 0 Å². The molecule has 0 atom stereocenters. The van der Waals surface area contributed by atoms with Gasteiger partial charge in [-0.15, -0.1) is 11.3 Å². The van der Waals surface area contributed by atoms with E-state index in [0.717, 1.165) is 30.0 Å². The third-order valence-electron chi connectivity index (χ3n) is 4.83. The number of hydrogen-bond acceptors (Lipinski definition) is 5. The molecule has 4 nitrogen and oxygen atoms in total. The normalized spacial score (nSPS) is 25.2. The molecule has 5 heteroatoms. The number of fused-ring (bicyclic) bond motifs is 3. The molecule has 112 valence electrons. The molecule has 2 aliphatic carbocycles. The Balaban J connectivity index is 1.59. The first-order chi connectivity index (χ1) is 10.3. The largest absolute Gasteiger partial charge is 0.474 e. The van der Waals surface area contributed by atoms with Crippen molar-refractivity contribution in [3.8, 4) is 5.88 Å². The number of hydrogen-bond donors (Lipinski definition) is 1. The van der Waals surface area contributed by atoms with E-state index in [1.807, 2.05) is 11.3 Å². The molecule has 1 N–H and O–H groups in total. The molecule has 0 aromatic carbocycles. The lowest BCUT2D eigenvalue weighted by atomic mass is 9.93. The third-order valence-corrected chi connectivity index (χ3v) is 6.03. The van der Waals surface area contributed by atoms with Crippen molar-refractivity contribution in [2.24, 2.45) is 0 Å². The van der Waals surface area contributed by atoms with Gasteiger partial charge in [-0.1, -0.05) is 0 Å². The standard InChI is InChI=1S/C16H21N3OS/c1-17-10-5-7-11(8-6-10)20-15-14-12-3-2-4-13(12)21-16(14)19-9-18-15/h9-11,17H,2-8H2,1H3/t10-,11-. The van der Waals surface area contributed by atoms with Gasteiger partial charge in [0, 0.05) is 10.9 Å². The van der Waals surface area contributed by atoms with Crippen LogP contribution in [0.2, 0.25) is 0 Å². The molecule has 0 unspecified atom stereocenters. The van der Waals surface area contributed by atoms with Gasteiger partial charge in [-0.2, -0.15) is 0 Å². The molecule has 0 saturated heterocycles. The number of ether oxygens (including phenoxy) is 1. The van der Waals surface area contributed by atoms with E-state index in [-0.39, 0.29) is 0 Å². The van der Waals surface area contributed by atoms with E-state index in [1.54, 1.807) is 6.33 Å². The smallest absolute Gasteiger partial charge is 0.225 e. The van der Waals surface area contributed by atoms with Crippen molar-refractivity contribution in [3.05, 3.63) is 16.8 Å². The van der Waals surface area contributed by atoms with Crippen LogP contribution >= 0.6 is 11.3 Å². The summed E-state index contributed by atoms with van der Waals surface area (Å²) in [6.07, 6.45) is 10.2. The third kappa shape index (κ3) is 2.42. The second-order valence-corrected chi connectivity index (χ2v) is 7.18. The first-order valence-corrected chi connectivity index (χ1v) is 8.76. The van der Waals surface area contributed by atoms with Crippen molar-refractivity contribution >= 4 is 21.6 Å². The lowest BCUT2D eigenvalue weighted by Gasteiger charge is -2.28. The molecule has 0 spiro atoms. The summed E-state index contributed by atoms with van der Waals surface area (Å²) in [5.41, 5.74) is 1.45. The highest BCUT2D eigenvalue weighted by atomic mass is 32.1. The Morgan fingerprint density at radius 3 is 2.86 bits per heavy atom. The minimum absolute atomic E-state index is 0.310. The number of nitrogens with zero attached hydrogens (tertiary/aromatic N) is 2. The Bertz CT molecular complexity index is 646. The number of nitrogens with one attached hydrogen (secondary N) is 1. The van der Waals surface area contributed by atoms with Crippen LogP contribution in [-0.4, -0.2) is 29.2 Å². The molecule has 2 aliphatic rings. The zero-order chi connectivity index (χ0) is 14.2. The Labute approximate surface area is 128 Å². The average Bonchev–Trinajstić information content (AvgIpc) is 3.09. The molecule has 2 aromatic rings. The maximum atomic E-state index is 6.27. The van der Waals surface area contributed by atoms with Crippen LogP contribution in [0.3, 0.4) is 0 Å². The van der Waals surface area contributed by atoms with Gasteiger partial charge in [0.2, 0.25) is 5.88 Å². The predicted octanol–water partition coefficient (Wildman–Crippen LogP) is 3.09. The van der Waals surface area contributed by atoms with Crippen molar-refractivity contribution < 1.29 is 4.74 Å². The average molecular weight is 303 g/mol.